The number of urea groups is 1. The second-order valence-electron chi connectivity index (χ2n) is 8.32. The normalized spacial score (nSPS) is 16.2. The van der Waals surface area contributed by atoms with Gasteiger partial charge in [0.15, 0.2) is 0 Å². The molecule has 0 saturated carbocycles. The number of nitrogens with one attached hydrogen (secondary N) is 2. The largest absolute Gasteiger partial charge is 0.497 e. The summed E-state index contributed by atoms with van der Waals surface area (Å²) in [5.41, 5.74) is 1.69. The van der Waals surface area contributed by atoms with Crippen LogP contribution in [-0.4, -0.2) is 53.6 Å². The maximum Gasteiger partial charge on any atom is 0.322 e. The number of methoxy groups -OCH3 is 1. The third kappa shape index (κ3) is 5.49. The highest BCUT2D eigenvalue weighted by atomic mass is 35.5. The molecule has 7 nitrogen and oxygen atoms in total. The van der Waals surface area contributed by atoms with Crippen LogP contribution >= 0.6 is 11.6 Å². The minimum Gasteiger partial charge on any atom is -0.497 e. The zero-order chi connectivity index (χ0) is 23.4. The van der Waals surface area contributed by atoms with E-state index < -0.39 is 0 Å². The van der Waals surface area contributed by atoms with E-state index in [9.17, 15) is 9.59 Å². The summed E-state index contributed by atoms with van der Waals surface area (Å²) in [6.45, 7) is 4.87. The second kappa shape index (κ2) is 10.3. The molecular formula is C25H29ClN4O3. The highest BCUT2D eigenvalue weighted by Crippen LogP contribution is 2.22. The lowest BCUT2D eigenvalue weighted by Crippen LogP contribution is -2.45. The molecule has 1 aliphatic rings. The molecule has 4 rings (SSSR count). The minimum absolute atomic E-state index is 0.209. The Labute approximate surface area is 198 Å². The Morgan fingerprint density at radius 3 is 2.76 bits per heavy atom. The van der Waals surface area contributed by atoms with E-state index in [1.54, 1.807) is 42.3 Å². The number of halogens is 1. The van der Waals surface area contributed by atoms with E-state index in [-0.39, 0.29) is 24.2 Å². The summed E-state index contributed by atoms with van der Waals surface area (Å²) in [6.07, 6.45) is 2.15. The number of fused-ring (bicyclic) bond motifs is 1. The zero-order valence-electron chi connectivity index (χ0n) is 18.9. The maximum absolute atomic E-state index is 13.3. The summed E-state index contributed by atoms with van der Waals surface area (Å²) in [5, 5.41) is 4.44. The number of hydrogen-bond acceptors (Lipinski definition) is 4. The van der Waals surface area contributed by atoms with E-state index in [1.165, 1.54) is 0 Å². The van der Waals surface area contributed by atoms with Gasteiger partial charge < -0.3 is 19.9 Å². The number of ether oxygens (including phenoxy) is 1. The van der Waals surface area contributed by atoms with Crippen molar-refractivity contribution in [1.29, 1.82) is 0 Å². The number of likely N-dealkylation sites (tertiary alicyclic amines) is 1. The van der Waals surface area contributed by atoms with Gasteiger partial charge in [-0.1, -0.05) is 18.5 Å². The summed E-state index contributed by atoms with van der Waals surface area (Å²) in [6, 6.07) is 14.4. The van der Waals surface area contributed by atoms with Gasteiger partial charge in [0.25, 0.3) is 5.56 Å². The molecule has 2 amide bonds. The first-order valence-corrected chi connectivity index (χ1v) is 11.6. The fourth-order valence-corrected chi connectivity index (χ4v) is 4.53. The predicted octanol–water partition coefficient (Wildman–Crippen LogP) is 4.71. The summed E-state index contributed by atoms with van der Waals surface area (Å²) < 4.78 is 5.25. The number of nitrogens with zero attached hydrogens (tertiary/aromatic N) is 2. The average molecular weight is 469 g/mol. The van der Waals surface area contributed by atoms with Crippen molar-refractivity contribution in [3.05, 3.63) is 69.5 Å². The van der Waals surface area contributed by atoms with Crippen LogP contribution < -0.4 is 15.6 Å². The number of rotatable bonds is 7. The van der Waals surface area contributed by atoms with Crippen molar-refractivity contribution in [1.82, 2.24) is 14.8 Å². The molecule has 1 fully saturated rings. The molecule has 0 spiro atoms. The quantitative estimate of drug-likeness (QED) is 0.526. The van der Waals surface area contributed by atoms with Gasteiger partial charge in [0.1, 0.15) is 5.75 Å². The monoisotopic (exact) mass is 468 g/mol. The Kier molecular flexibility index (Phi) is 7.20. The van der Waals surface area contributed by atoms with E-state index in [1.807, 2.05) is 18.2 Å². The average Bonchev–Trinajstić information content (AvgIpc) is 3.27. The first-order valence-electron chi connectivity index (χ1n) is 11.2. The molecule has 1 unspecified atom stereocenters. The van der Waals surface area contributed by atoms with E-state index in [4.69, 9.17) is 16.3 Å². The van der Waals surface area contributed by atoms with Gasteiger partial charge >= 0.3 is 6.03 Å². The number of aromatic nitrogens is 1. The van der Waals surface area contributed by atoms with Crippen LogP contribution in [0.2, 0.25) is 5.02 Å². The van der Waals surface area contributed by atoms with Crippen molar-refractivity contribution in [3.8, 4) is 5.75 Å². The number of benzene rings is 2. The smallest absolute Gasteiger partial charge is 0.322 e. The van der Waals surface area contributed by atoms with Crippen LogP contribution in [-0.2, 0) is 6.54 Å². The van der Waals surface area contributed by atoms with Crippen LogP contribution in [0.5, 0.6) is 5.75 Å². The third-order valence-electron chi connectivity index (χ3n) is 6.21. The van der Waals surface area contributed by atoms with Crippen molar-refractivity contribution in [2.45, 2.75) is 32.4 Å². The molecule has 3 aromatic rings. The van der Waals surface area contributed by atoms with Crippen molar-refractivity contribution < 1.29 is 9.53 Å². The zero-order valence-corrected chi connectivity index (χ0v) is 19.7. The second-order valence-corrected chi connectivity index (χ2v) is 8.76. The van der Waals surface area contributed by atoms with Gasteiger partial charge in [-0.05, 0) is 73.8 Å². The summed E-state index contributed by atoms with van der Waals surface area (Å²) in [4.78, 5) is 33.2. The first kappa shape index (κ1) is 23.1. The number of aromatic amines is 1. The van der Waals surface area contributed by atoms with Gasteiger partial charge in [-0.15, -0.1) is 0 Å². The molecule has 0 aliphatic carbocycles. The highest BCUT2D eigenvalue weighted by molar-refractivity contribution is 6.30. The van der Waals surface area contributed by atoms with Crippen LogP contribution in [0.3, 0.4) is 0 Å². The van der Waals surface area contributed by atoms with Crippen molar-refractivity contribution >= 4 is 34.2 Å². The number of anilines is 1. The fraction of sp³-hybridized carbons (Fsp3) is 0.360. The molecular weight excluding hydrogens is 440 g/mol. The number of carbonyl (C=O) groups excluding carboxylic acids is 1. The molecule has 2 heterocycles. The lowest BCUT2D eigenvalue weighted by Gasteiger charge is -2.30. The van der Waals surface area contributed by atoms with E-state index in [0.29, 0.717) is 34.1 Å². The van der Waals surface area contributed by atoms with E-state index in [2.05, 4.69) is 22.1 Å². The van der Waals surface area contributed by atoms with Gasteiger partial charge in [-0.25, -0.2) is 4.79 Å². The Hall–Kier alpha value is -3.03. The summed E-state index contributed by atoms with van der Waals surface area (Å²) >= 11 is 5.97. The number of likely N-dealkylation sites (N-methyl/N-ethyl adjacent to an activating group) is 1. The highest BCUT2D eigenvalue weighted by Gasteiger charge is 2.28. The van der Waals surface area contributed by atoms with Crippen molar-refractivity contribution in [2.75, 3.05) is 32.1 Å². The molecule has 33 heavy (non-hydrogen) atoms. The molecule has 1 aromatic heterocycles. The van der Waals surface area contributed by atoms with Gasteiger partial charge in [0.05, 0.1) is 19.2 Å². The van der Waals surface area contributed by atoms with Gasteiger partial charge in [-0.2, -0.15) is 0 Å². The van der Waals surface area contributed by atoms with Crippen LogP contribution in [0.25, 0.3) is 10.9 Å². The molecule has 0 radical (unpaired) electrons. The Balaban J connectivity index is 1.60. The molecule has 2 aromatic carbocycles. The van der Waals surface area contributed by atoms with Crippen LogP contribution in [0, 0.1) is 0 Å². The Morgan fingerprint density at radius 1 is 1.24 bits per heavy atom. The van der Waals surface area contributed by atoms with Gasteiger partial charge in [-0.3, -0.25) is 9.69 Å². The number of carbonyl (C=O) groups is 1. The fourth-order valence-electron chi connectivity index (χ4n) is 4.40. The minimum atomic E-state index is -0.241. The lowest BCUT2D eigenvalue weighted by atomic mass is 10.1. The molecule has 0 bridgehead atoms. The number of pyridine rings is 1. The predicted molar refractivity (Wildman–Crippen MR) is 132 cm³/mol. The summed E-state index contributed by atoms with van der Waals surface area (Å²) in [7, 11) is 1.59. The maximum atomic E-state index is 13.3. The molecule has 2 N–H and O–H groups in total. The molecule has 1 atom stereocenters. The van der Waals surface area contributed by atoms with E-state index in [0.717, 1.165) is 31.3 Å². The molecule has 8 heteroatoms. The standard InChI is InChI=1S/C25H29ClN4O3/c1-3-29-12-4-5-21(29)16-30(25(32)27-20-9-7-19(26)8-10-20)15-18-13-17-6-11-22(33-2)14-23(17)28-24(18)31/h6-11,13-14,21H,3-5,12,15-16H2,1-2H3,(H,27,32)(H,28,31). The van der Waals surface area contributed by atoms with Crippen LogP contribution in [0.1, 0.15) is 25.3 Å². The molecule has 174 valence electrons. The number of hydrogen-bond donors (Lipinski definition) is 2. The van der Waals surface area contributed by atoms with Crippen molar-refractivity contribution in [3.63, 3.8) is 0 Å². The Bertz CT molecular complexity index is 1180. The van der Waals surface area contributed by atoms with Gasteiger partial charge in [0, 0.05) is 34.9 Å². The SMILES string of the molecule is CCN1CCCC1CN(Cc1cc2ccc(OC)cc2[nH]c1=O)C(=O)Nc1ccc(Cl)cc1. The van der Waals surface area contributed by atoms with Crippen LogP contribution in [0.4, 0.5) is 10.5 Å². The van der Waals surface area contributed by atoms with Crippen molar-refractivity contribution in [2.24, 2.45) is 0 Å². The Morgan fingerprint density at radius 2 is 2.03 bits per heavy atom. The molecule has 1 aliphatic heterocycles. The number of H-pyrrole nitrogens is 1. The van der Waals surface area contributed by atoms with Gasteiger partial charge in [0.2, 0.25) is 0 Å². The summed E-state index contributed by atoms with van der Waals surface area (Å²) in [5.74, 6) is 0.677. The van der Waals surface area contributed by atoms with E-state index >= 15 is 0 Å². The number of amides is 2. The topological polar surface area (TPSA) is 77.7 Å². The first-order chi connectivity index (χ1) is 16.0. The third-order valence-corrected chi connectivity index (χ3v) is 6.46. The molecule has 1 saturated heterocycles. The van der Waals surface area contributed by atoms with Crippen LogP contribution in [0.15, 0.2) is 53.3 Å². The lowest BCUT2D eigenvalue weighted by molar-refractivity contribution is 0.174.